The number of aliphatic hydroxyl groups is 2. The van der Waals surface area contributed by atoms with Crippen LogP contribution >= 0.6 is 30.4 Å². The molecule has 0 aromatic carbocycles. The Kier molecular flexibility index (Phi) is 5.23. The normalized spacial score (nSPS) is 29.0. The lowest BCUT2D eigenvalue weighted by molar-refractivity contribution is -0.0555. The summed E-state index contributed by atoms with van der Waals surface area (Å²) in [6.45, 7) is -0.687. The summed E-state index contributed by atoms with van der Waals surface area (Å²) in [5.41, 5.74) is -1.50. The lowest BCUT2D eigenvalue weighted by Gasteiger charge is -2.18. The van der Waals surface area contributed by atoms with Crippen LogP contribution < -0.4 is 11.2 Å². The van der Waals surface area contributed by atoms with E-state index in [1.807, 2.05) is 4.98 Å². The molecule has 22 heavy (non-hydrogen) atoms. The molecule has 0 saturated carbocycles. The molecule has 1 saturated heterocycles. The predicted molar refractivity (Wildman–Crippen MR) is 78.0 cm³/mol. The maximum absolute atomic E-state index is 11.8. The van der Waals surface area contributed by atoms with Crippen LogP contribution in [-0.4, -0.2) is 54.5 Å². The van der Waals surface area contributed by atoms with Crippen LogP contribution in [0.3, 0.4) is 0 Å². The first-order valence-electron chi connectivity index (χ1n) is 5.83. The Morgan fingerprint density at radius 1 is 1.36 bits per heavy atom. The van der Waals surface area contributed by atoms with E-state index >= 15 is 0 Å². The first-order valence-corrected chi connectivity index (χ1v) is 8.44. The molecule has 1 aromatic rings. The molecule has 11 nitrogen and oxygen atoms in total. The zero-order chi connectivity index (χ0) is 16.7. The number of nitrogens with one attached hydrogen (secondary N) is 1. The molecule has 5 N–H and O–H groups in total. The van der Waals surface area contributed by atoms with Gasteiger partial charge >= 0.3 is 13.5 Å². The van der Waals surface area contributed by atoms with Gasteiger partial charge in [0, 0.05) is 6.07 Å². The van der Waals surface area contributed by atoms with E-state index in [2.05, 4.69) is 4.52 Å². The van der Waals surface area contributed by atoms with E-state index in [1.54, 1.807) is 22.6 Å². The summed E-state index contributed by atoms with van der Waals surface area (Å²) >= 11 is 1.67. The molecule has 1 fully saturated rings. The Morgan fingerprint density at radius 3 is 2.55 bits per heavy atom. The van der Waals surface area contributed by atoms with E-state index in [1.165, 1.54) is 0 Å². The minimum Gasteiger partial charge on any atom is -0.387 e. The van der Waals surface area contributed by atoms with Crippen molar-refractivity contribution < 1.29 is 33.8 Å². The Morgan fingerprint density at radius 2 is 2.00 bits per heavy atom. The molecule has 0 radical (unpaired) electrons. The topological polar surface area (TPSA) is 171 Å². The van der Waals surface area contributed by atoms with Crippen LogP contribution in [0.4, 0.5) is 0 Å². The van der Waals surface area contributed by atoms with Gasteiger partial charge in [0.1, 0.15) is 18.3 Å². The molecule has 2 rings (SSSR count). The van der Waals surface area contributed by atoms with Gasteiger partial charge in [0.2, 0.25) is 0 Å². The first-order chi connectivity index (χ1) is 10.1. The second-order valence-electron chi connectivity index (χ2n) is 4.46. The number of H-pyrrole nitrogens is 1. The summed E-state index contributed by atoms with van der Waals surface area (Å²) in [6, 6.07) is 1.09. The molecular formula is C9H12IN2O9P. The van der Waals surface area contributed by atoms with Crippen LogP contribution in [-0.2, 0) is 13.8 Å². The van der Waals surface area contributed by atoms with E-state index in [0.29, 0.717) is 0 Å². The molecule has 1 aliphatic rings. The fourth-order valence-electron chi connectivity index (χ4n) is 1.96. The van der Waals surface area contributed by atoms with Crippen molar-refractivity contribution in [1.82, 2.24) is 9.55 Å². The zero-order valence-electron chi connectivity index (χ0n) is 10.7. The molecule has 0 bridgehead atoms. The molecule has 2 heterocycles. The molecule has 0 aliphatic carbocycles. The standard InChI is InChI=1S/C9H12IN2O9P/c10-4-1-5(13)11-9(16)12(4)8-7(15)6(14)3(21-8)2-20-22(17,18)19/h1,3,6-8,14-15H,2H2,(H,11,13,16)(H2,17,18,19)/t3-,6+,7?,8?/m1/s1. The monoisotopic (exact) mass is 450 g/mol. The Bertz CT molecular complexity index is 712. The number of halogens is 1. The largest absolute Gasteiger partial charge is 0.469 e. The molecule has 13 heteroatoms. The van der Waals surface area contributed by atoms with Crippen molar-refractivity contribution in [2.45, 2.75) is 24.5 Å². The lowest BCUT2D eigenvalue weighted by atomic mass is 10.1. The van der Waals surface area contributed by atoms with E-state index in [-0.39, 0.29) is 3.70 Å². The highest BCUT2D eigenvalue weighted by molar-refractivity contribution is 14.1. The third kappa shape index (κ3) is 3.83. The average molecular weight is 450 g/mol. The van der Waals surface area contributed by atoms with Crippen LogP contribution in [0.15, 0.2) is 15.7 Å². The van der Waals surface area contributed by atoms with Gasteiger partial charge in [0.05, 0.1) is 10.3 Å². The van der Waals surface area contributed by atoms with E-state index < -0.39 is 50.2 Å². The molecular weight excluding hydrogens is 438 g/mol. The molecule has 0 amide bonds. The SMILES string of the molecule is O=c1cc(I)n(C2O[C@H](COP(=O)(O)O)[C@H](O)C2O)c(=O)[nH]1. The number of rotatable bonds is 4. The van der Waals surface area contributed by atoms with Gasteiger partial charge in [-0.15, -0.1) is 0 Å². The number of hydrogen-bond donors (Lipinski definition) is 5. The van der Waals surface area contributed by atoms with Crippen molar-refractivity contribution in [3.63, 3.8) is 0 Å². The zero-order valence-corrected chi connectivity index (χ0v) is 13.7. The van der Waals surface area contributed by atoms with Crippen LogP contribution in [0.2, 0.25) is 0 Å². The van der Waals surface area contributed by atoms with Crippen LogP contribution in [0, 0.1) is 3.70 Å². The van der Waals surface area contributed by atoms with Gasteiger partial charge in [-0.25, -0.2) is 9.36 Å². The Balaban J connectivity index is 2.26. The minimum atomic E-state index is -4.77. The van der Waals surface area contributed by atoms with Crippen molar-refractivity contribution in [2.24, 2.45) is 0 Å². The van der Waals surface area contributed by atoms with Gasteiger partial charge in [0.15, 0.2) is 6.23 Å². The number of aliphatic hydroxyl groups excluding tert-OH is 2. The summed E-state index contributed by atoms with van der Waals surface area (Å²) in [4.78, 5) is 42.2. The Labute approximate surface area is 135 Å². The van der Waals surface area contributed by atoms with Crippen LogP contribution in [0.25, 0.3) is 0 Å². The van der Waals surface area contributed by atoms with Crippen molar-refractivity contribution in [3.8, 4) is 0 Å². The number of phosphoric acid groups is 1. The smallest absolute Gasteiger partial charge is 0.387 e. The van der Waals surface area contributed by atoms with E-state index in [0.717, 1.165) is 10.6 Å². The number of hydrogen-bond acceptors (Lipinski definition) is 7. The van der Waals surface area contributed by atoms with Crippen molar-refractivity contribution in [2.75, 3.05) is 6.61 Å². The highest BCUT2D eigenvalue weighted by atomic mass is 127. The van der Waals surface area contributed by atoms with Gasteiger partial charge in [-0.1, -0.05) is 0 Å². The van der Waals surface area contributed by atoms with Crippen LogP contribution in [0.1, 0.15) is 6.23 Å². The third-order valence-corrected chi connectivity index (χ3v) is 4.24. The summed E-state index contributed by atoms with van der Waals surface area (Å²) in [6.07, 6.45) is -5.69. The molecule has 1 aromatic heterocycles. The highest BCUT2D eigenvalue weighted by Gasteiger charge is 2.45. The first kappa shape index (κ1) is 17.7. The quantitative estimate of drug-likeness (QED) is 0.195. The minimum absolute atomic E-state index is 0.152. The molecule has 2 unspecified atom stereocenters. The number of aromatic amines is 1. The van der Waals surface area contributed by atoms with Crippen molar-refractivity contribution in [3.05, 3.63) is 30.6 Å². The van der Waals surface area contributed by atoms with Gasteiger partial charge < -0.3 is 24.7 Å². The predicted octanol–water partition coefficient (Wildman–Crippen LogP) is -2.13. The second kappa shape index (κ2) is 6.49. The maximum atomic E-state index is 11.8. The lowest BCUT2D eigenvalue weighted by Crippen LogP contribution is -2.39. The average Bonchev–Trinajstić information content (AvgIpc) is 2.63. The summed E-state index contributed by atoms with van der Waals surface area (Å²) < 4.78 is 21.2. The third-order valence-electron chi connectivity index (χ3n) is 2.93. The highest BCUT2D eigenvalue weighted by Crippen LogP contribution is 2.38. The number of nitrogens with zero attached hydrogens (tertiary/aromatic N) is 1. The molecule has 4 atom stereocenters. The molecule has 124 valence electrons. The van der Waals surface area contributed by atoms with Crippen molar-refractivity contribution >= 4 is 30.4 Å². The fraction of sp³-hybridized carbons (Fsp3) is 0.556. The van der Waals surface area contributed by atoms with Gasteiger partial charge in [-0.2, -0.15) is 0 Å². The van der Waals surface area contributed by atoms with Gasteiger partial charge in [-0.05, 0) is 22.6 Å². The molecule has 0 spiro atoms. The number of ether oxygens (including phenoxy) is 1. The van der Waals surface area contributed by atoms with Gasteiger partial charge in [0.25, 0.3) is 5.56 Å². The van der Waals surface area contributed by atoms with Crippen molar-refractivity contribution in [1.29, 1.82) is 0 Å². The fourth-order valence-corrected chi connectivity index (χ4v) is 3.08. The number of phosphoric ester groups is 1. The second-order valence-corrected chi connectivity index (χ2v) is 6.81. The summed E-state index contributed by atoms with van der Waals surface area (Å²) in [5.74, 6) is 0. The molecule has 1 aliphatic heterocycles. The summed E-state index contributed by atoms with van der Waals surface area (Å²) in [7, 11) is -4.77. The Hall–Kier alpha value is -0.600. The number of aromatic nitrogens is 2. The summed E-state index contributed by atoms with van der Waals surface area (Å²) in [5, 5.41) is 19.8. The van der Waals surface area contributed by atoms with E-state index in [4.69, 9.17) is 14.5 Å². The maximum Gasteiger partial charge on any atom is 0.469 e. The van der Waals surface area contributed by atoms with E-state index in [9.17, 15) is 24.4 Å². The van der Waals surface area contributed by atoms with Crippen LogP contribution in [0.5, 0.6) is 0 Å². The van der Waals surface area contributed by atoms with Gasteiger partial charge in [-0.3, -0.25) is 18.9 Å².